The van der Waals surface area contributed by atoms with Gasteiger partial charge in [-0.25, -0.2) is 24.3 Å². The normalized spacial score (nSPS) is 14.0. The molecule has 1 aliphatic rings. The predicted molar refractivity (Wildman–Crippen MR) is 152 cm³/mol. The van der Waals surface area contributed by atoms with Gasteiger partial charge in [-0.15, -0.1) is 11.3 Å². The molecule has 39 heavy (non-hydrogen) atoms. The van der Waals surface area contributed by atoms with Gasteiger partial charge in [0.1, 0.15) is 5.82 Å². The van der Waals surface area contributed by atoms with Crippen LogP contribution in [0.4, 0.5) is 27.5 Å². The van der Waals surface area contributed by atoms with Crippen LogP contribution >= 0.6 is 11.3 Å². The van der Waals surface area contributed by atoms with Crippen molar-refractivity contribution in [2.24, 2.45) is 0 Å². The zero-order valence-electron chi connectivity index (χ0n) is 21.4. The Kier molecular flexibility index (Phi) is 7.97. The Labute approximate surface area is 230 Å². The second-order valence-electron chi connectivity index (χ2n) is 8.75. The first-order valence-corrected chi connectivity index (χ1v) is 14.7. The van der Waals surface area contributed by atoms with Gasteiger partial charge in [0.05, 0.1) is 39.3 Å². The second kappa shape index (κ2) is 11.6. The highest BCUT2D eigenvalue weighted by Gasteiger charge is 2.22. The van der Waals surface area contributed by atoms with E-state index in [1.807, 2.05) is 18.3 Å². The van der Waals surface area contributed by atoms with Crippen LogP contribution in [0.2, 0.25) is 0 Å². The van der Waals surface area contributed by atoms with Crippen molar-refractivity contribution in [3.05, 3.63) is 60.1 Å². The van der Waals surface area contributed by atoms with Gasteiger partial charge in [0, 0.05) is 51.5 Å². The maximum atomic E-state index is 15.5. The summed E-state index contributed by atoms with van der Waals surface area (Å²) in [7, 11) is -2.48. The van der Waals surface area contributed by atoms with E-state index in [1.165, 1.54) is 24.5 Å². The van der Waals surface area contributed by atoms with Crippen molar-refractivity contribution < 1.29 is 12.8 Å². The Morgan fingerprint density at radius 2 is 1.95 bits per heavy atom. The molecule has 4 heterocycles. The molecular formula is C25H28FN9O2S2. The van der Waals surface area contributed by atoms with Crippen molar-refractivity contribution in [2.75, 3.05) is 54.7 Å². The molecule has 0 spiro atoms. The third-order valence-corrected chi connectivity index (χ3v) is 8.68. The van der Waals surface area contributed by atoms with Crippen molar-refractivity contribution in [2.45, 2.75) is 6.92 Å². The van der Waals surface area contributed by atoms with Crippen LogP contribution in [0.15, 0.2) is 54.3 Å². The third kappa shape index (κ3) is 5.98. The first-order valence-electron chi connectivity index (χ1n) is 12.3. The van der Waals surface area contributed by atoms with Gasteiger partial charge in [-0.05, 0) is 30.3 Å². The van der Waals surface area contributed by atoms with Crippen LogP contribution in [0.25, 0.3) is 21.8 Å². The van der Waals surface area contributed by atoms with Crippen LogP contribution in [-0.2, 0) is 10.2 Å². The fraction of sp³-hybridized carbons (Fsp3) is 0.280. The Morgan fingerprint density at radius 1 is 1.13 bits per heavy atom. The molecule has 14 heteroatoms. The largest absolute Gasteiger partial charge is 0.368 e. The fourth-order valence-corrected chi connectivity index (χ4v) is 5.73. The van der Waals surface area contributed by atoms with E-state index in [-0.39, 0.29) is 17.8 Å². The lowest BCUT2D eigenvalue weighted by Gasteiger charge is -2.29. The first kappa shape index (κ1) is 26.9. The number of thiazole rings is 1. The molecule has 11 nitrogen and oxygen atoms in total. The summed E-state index contributed by atoms with van der Waals surface area (Å²) in [5.74, 6) is 0.205. The molecule has 1 fully saturated rings. The summed E-state index contributed by atoms with van der Waals surface area (Å²) in [6, 6.07) is 10.1. The zero-order valence-corrected chi connectivity index (χ0v) is 23.1. The minimum absolute atomic E-state index is 0.156. The number of halogens is 1. The summed E-state index contributed by atoms with van der Waals surface area (Å²) in [5, 5.41) is 6.46. The van der Waals surface area contributed by atoms with Crippen LogP contribution in [0.5, 0.6) is 0 Å². The predicted octanol–water partition coefficient (Wildman–Crippen LogP) is 3.56. The molecule has 0 aliphatic carbocycles. The number of rotatable bonds is 9. The van der Waals surface area contributed by atoms with E-state index in [4.69, 9.17) is 0 Å². The van der Waals surface area contributed by atoms with Crippen LogP contribution in [0, 0.1) is 5.82 Å². The molecule has 3 aromatic heterocycles. The summed E-state index contributed by atoms with van der Waals surface area (Å²) in [6.07, 6.45) is 3.42. The van der Waals surface area contributed by atoms with Crippen molar-refractivity contribution >= 4 is 44.7 Å². The molecule has 3 N–H and O–H groups in total. The number of pyridine rings is 1. The number of benzene rings is 1. The van der Waals surface area contributed by atoms with Gasteiger partial charge < -0.3 is 15.5 Å². The number of nitrogens with zero attached hydrogens (tertiary/aromatic N) is 6. The van der Waals surface area contributed by atoms with Gasteiger partial charge >= 0.3 is 10.2 Å². The van der Waals surface area contributed by atoms with E-state index in [9.17, 15) is 8.42 Å². The number of nitrogens with one attached hydrogen (secondary N) is 3. The molecule has 0 bridgehead atoms. The average Bonchev–Trinajstić information content (AvgIpc) is 3.44. The van der Waals surface area contributed by atoms with Gasteiger partial charge in [-0.3, -0.25) is 4.72 Å². The fourth-order valence-electron chi connectivity index (χ4n) is 4.03. The minimum Gasteiger partial charge on any atom is -0.368 e. The van der Waals surface area contributed by atoms with E-state index in [1.54, 1.807) is 36.8 Å². The molecule has 0 unspecified atom stereocenters. The lowest BCUT2D eigenvalue weighted by Crippen LogP contribution is -2.43. The lowest BCUT2D eigenvalue weighted by molar-refractivity contribution is 0.491. The molecule has 0 atom stereocenters. The van der Waals surface area contributed by atoms with E-state index in [0.717, 1.165) is 36.2 Å². The Balaban J connectivity index is 1.38. The number of hydrogen-bond donors (Lipinski definition) is 3. The highest BCUT2D eigenvalue weighted by Crippen LogP contribution is 2.37. The maximum Gasteiger partial charge on any atom is 0.301 e. The van der Waals surface area contributed by atoms with Crippen molar-refractivity contribution in [3.63, 3.8) is 0 Å². The van der Waals surface area contributed by atoms with Gasteiger partial charge in [0.25, 0.3) is 0 Å². The molecule has 0 radical (unpaired) electrons. The topological polar surface area (TPSA) is 128 Å². The number of piperazine rings is 1. The summed E-state index contributed by atoms with van der Waals surface area (Å²) in [6.45, 7) is 5.69. The monoisotopic (exact) mass is 569 g/mol. The highest BCUT2D eigenvalue weighted by atomic mass is 32.2. The van der Waals surface area contributed by atoms with E-state index < -0.39 is 16.0 Å². The maximum absolute atomic E-state index is 15.5. The molecule has 0 amide bonds. The van der Waals surface area contributed by atoms with Crippen LogP contribution in [0.1, 0.15) is 6.92 Å². The van der Waals surface area contributed by atoms with Gasteiger partial charge in [-0.2, -0.15) is 12.7 Å². The summed E-state index contributed by atoms with van der Waals surface area (Å²) in [5.41, 5.74) is 3.54. The molecule has 1 saturated heterocycles. The van der Waals surface area contributed by atoms with Crippen molar-refractivity contribution in [1.82, 2.24) is 29.6 Å². The molecular weight excluding hydrogens is 541 g/mol. The quantitative estimate of drug-likeness (QED) is 0.277. The summed E-state index contributed by atoms with van der Waals surface area (Å²) in [4.78, 5) is 20.7. The molecule has 1 aliphatic heterocycles. The van der Waals surface area contributed by atoms with Crippen molar-refractivity contribution in [3.8, 4) is 21.8 Å². The SMILES string of the molecule is CCN(C)S(=O)(=O)Nc1cccc(-c2ncsc2-c2ccnc(Nc3ccc(N4CCNCC4)cn3)n2)c1F. The number of aromatic nitrogens is 4. The van der Waals surface area contributed by atoms with Gasteiger partial charge in [0.2, 0.25) is 5.95 Å². The van der Waals surface area contributed by atoms with E-state index >= 15 is 4.39 Å². The molecule has 4 aromatic rings. The summed E-state index contributed by atoms with van der Waals surface area (Å²) < 4.78 is 43.8. The lowest BCUT2D eigenvalue weighted by atomic mass is 10.1. The van der Waals surface area contributed by atoms with E-state index in [0.29, 0.717) is 28.0 Å². The number of anilines is 4. The Bertz CT molecular complexity index is 1540. The summed E-state index contributed by atoms with van der Waals surface area (Å²) >= 11 is 1.30. The van der Waals surface area contributed by atoms with Gasteiger partial charge in [-0.1, -0.05) is 13.0 Å². The Hall–Kier alpha value is -3.72. The number of hydrogen-bond acceptors (Lipinski definition) is 10. The standard InChI is InChI=1S/C25H28FN9O2S2/c1-3-34(2)39(36,37)33-19-6-4-5-18(22(19)26)23-24(38-16-30-23)20-9-10-28-25(31-20)32-21-8-7-17(15-29-21)35-13-11-27-12-14-35/h4-10,15-16,27,33H,3,11-14H2,1-2H3,(H,28,29,31,32). The molecule has 1 aromatic carbocycles. The molecule has 5 rings (SSSR count). The highest BCUT2D eigenvalue weighted by molar-refractivity contribution is 7.90. The average molecular weight is 570 g/mol. The van der Waals surface area contributed by atoms with Crippen LogP contribution in [0.3, 0.4) is 0 Å². The minimum atomic E-state index is -3.89. The Morgan fingerprint density at radius 3 is 2.69 bits per heavy atom. The molecule has 0 saturated carbocycles. The van der Waals surface area contributed by atoms with Crippen molar-refractivity contribution in [1.29, 1.82) is 0 Å². The third-order valence-electron chi connectivity index (χ3n) is 6.27. The van der Waals surface area contributed by atoms with Gasteiger partial charge in [0.15, 0.2) is 5.82 Å². The second-order valence-corrected chi connectivity index (χ2v) is 11.4. The van der Waals surface area contributed by atoms with E-state index in [2.05, 4.69) is 40.2 Å². The molecule has 204 valence electrons. The smallest absolute Gasteiger partial charge is 0.301 e. The first-order chi connectivity index (χ1) is 18.9. The van der Waals surface area contributed by atoms with Crippen LogP contribution in [-0.4, -0.2) is 72.4 Å². The zero-order chi connectivity index (χ0) is 27.4. The van der Waals surface area contributed by atoms with Crippen LogP contribution < -0.4 is 20.3 Å².